The van der Waals surface area contributed by atoms with Gasteiger partial charge < -0.3 is 19.4 Å². The van der Waals surface area contributed by atoms with Gasteiger partial charge in [0, 0.05) is 19.9 Å². The highest BCUT2D eigenvalue weighted by Crippen LogP contribution is 2.55. The Bertz CT molecular complexity index is 862. The summed E-state index contributed by atoms with van der Waals surface area (Å²) in [5.41, 5.74) is 2.44. The molecule has 1 saturated carbocycles. The number of nitrogens with zero attached hydrogens (tertiary/aromatic N) is 1. The molecule has 1 N–H and O–H groups in total. The van der Waals surface area contributed by atoms with E-state index in [1.165, 1.54) is 7.11 Å². The van der Waals surface area contributed by atoms with Gasteiger partial charge in [-0.25, -0.2) is 0 Å². The summed E-state index contributed by atoms with van der Waals surface area (Å²) >= 11 is 0. The summed E-state index contributed by atoms with van der Waals surface area (Å²) in [7, 11) is 0.0990. The van der Waals surface area contributed by atoms with E-state index in [4.69, 9.17) is 14.3 Å². The average Bonchev–Trinajstić information content (AvgIpc) is 2.70. The lowest BCUT2D eigenvalue weighted by Gasteiger charge is -2.47. The molecule has 0 heterocycles. The number of ether oxygens (including phenoxy) is 2. The van der Waals surface area contributed by atoms with Crippen LogP contribution in [0.15, 0.2) is 23.4 Å². The highest BCUT2D eigenvalue weighted by atomic mass is 28.3. The molecule has 0 spiro atoms. The first-order valence-electron chi connectivity index (χ1n) is 10.9. The highest BCUT2D eigenvalue weighted by molar-refractivity contribution is 6.76. The molecule has 2 bridgehead atoms. The summed E-state index contributed by atoms with van der Waals surface area (Å²) in [6, 6.07) is 5.97. The van der Waals surface area contributed by atoms with Crippen LogP contribution >= 0.6 is 0 Å². The first-order valence-corrected chi connectivity index (χ1v) is 14.6. The van der Waals surface area contributed by atoms with Crippen molar-refractivity contribution in [1.29, 1.82) is 0 Å². The molecule has 3 aliphatic carbocycles. The monoisotopic (exact) mass is 447 g/mol. The minimum absolute atomic E-state index is 0.109. The van der Waals surface area contributed by atoms with Gasteiger partial charge in [-0.05, 0) is 42.1 Å². The van der Waals surface area contributed by atoms with E-state index in [0.717, 1.165) is 17.2 Å². The predicted molar refractivity (Wildman–Crippen MR) is 120 cm³/mol. The number of phenolic OH excluding ortho intramolecular Hbond substituents is 1. The molecule has 0 saturated heterocycles. The number of hydrogen-bond acceptors (Lipinski definition) is 7. The molecular formula is C23H33NO6Si. The van der Waals surface area contributed by atoms with Gasteiger partial charge in [-0.1, -0.05) is 37.8 Å². The second-order valence-corrected chi connectivity index (χ2v) is 15.2. The number of phenols is 1. The van der Waals surface area contributed by atoms with Crippen molar-refractivity contribution >= 4 is 25.7 Å². The third-order valence-corrected chi connectivity index (χ3v) is 7.77. The fraction of sp³-hybridized carbons (Fsp3) is 0.609. The van der Waals surface area contributed by atoms with Crippen molar-refractivity contribution in [3.63, 3.8) is 0 Å². The molecule has 3 aliphatic rings. The topological polar surface area (TPSA) is 94.4 Å². The number of esters is 2. The van der Waals surface area contributed by atoms with E-state index in [9.17, 15) is 14.7 Å². The van der Waals surface area contributed by atoms with Gasteiger partial charge in [0.25, 0.3) is 0 Å². The number of carbonyl (C=O) groups is 2. The Morgan fingerprint density at radius 3 is 2.42 bits per heavy atom. The Balaban J connectivity index is 2.00. The number of rotatable bonds is 8. The summed E-state index contributed by atoms with van der Waals surface area (Å²) < 4.78 is 11.2. The smallest absolute Gasteiger partial charge is 0.310 e. The molecule has 170 valence electrons. The molecule has 31 heavy (non-hydrogen) atoms. The van der Waals surface area contributed by atoms with E-state index in [1.807, 2.05) is 13.0 Å². The normalized spacial score (nSPS) is 25.8. The lowest BCUT2D eigenvalue weighted by Crippen LogP contribution is -2.51. The molecule has 0 amide bonds. The van der Waals surface area contributed by atoms with Crippen LogP contribution in [0.25, 0.3) is 0 Å². The van der Waals surface area contributed by atoms with E-state index in [0.29, 0.717) is 25.2 Å². The van der Waals surface area contributed by atoms with Crippen LogP contribution in [0.2, 0.25) is 25.7 Å². The summed E-state index contributed by atoms with van der Waals surface area (Å²) in [5, 5.41) is 14.3. The van der Waals surface area contributed by atoms with Crippen LogP contribution < -0.4 is 0 Å². The zero-order valence-corrected chi connectivity index (χ0v) is 20.0. The summed E-state index contributed by atoms with van der Waals surface area (Å²) in [4.78, 5) is 31.5. The third kappa shape index (κ3) is 4.94. The Kier molecular flexibility index (Phi) is 7.09. The fourth-order valence-electron chi connectivity index (χ4n) is 4.65. The number of aromatic hydroxyl groups is 1. The quantitative estimate of drug-likeness (QED) is 0.367. The average molecular weight is 448 g/mol. The highest BCUT2D eigenvalue weighted by Gasteiger charge is 2.57. The maximum absolute atomic E-state index is 13.3. The van der Waals surface area contributed by atoms with Gasteiger partial charge in [0.1, 0.15) is 12.9 Å². The second-order valence-electron chi connectivity index (χ2n) is 9.56. The Morgan fingerprint density at radius 1 is 1.10 bits per heavy atom. The Labute approximate surface area is 184 Å². The summed E-state index contributed by atoms with van der Waals surface area (Å²) in [6.45, 7) is 9.25. The standard InChI is InChI=1S/C23H33NO6Si/c1-6-9-29-23(27)21-19-16-12-14(25)7-8-15(16)17(13-18(19)24-28-2)20(21)22(26)30-10-11-31(3,4)5/h7-8,12,17,19-21,25H,6,9-11,13H2,1-5H3/b24-18+/t17?,19-,20-,21-/m1/s1. The Morgan fingerprint density at radius 2 is 1.77 bits per heavy atom. The van der Waals surface area contributed by atoms with Crippen molar-refractivity contribution < 1.29 is 29.0 Å². The van der Waals surface area contributed by atoms with Crippen molar-refractivity contribution in [2.45, 2.75) is 57.3 Å². The summed E-state index contributed by atoms with van der Waals surface area (Å²) in [6.07, 6.45) is 1.19. The van der Waals surface area contributed by atoms with Crippen molar-refractivity contribution in [2.24, 2.45) is 17.0 Å². The fourth-order valence-corrected chi connectivity index (χ4v) is 5.36. The molecule has 7 nitrogen and oxygen atoms in total. The van der Waals surface area contributed by atoms with E-state index < -0.39 is 31.8 Å². The van der Waals surface area contributed by atoms with Crippen LogP contribution in [-0.2, 0) is 23.9 Å². The van der Waals surface area contributed by atoms with Gasteiger partial charge in [-0.3, -0.25) is 9.59 Å². The second kappa shape index (κ2) is 9.42. The third-order valence-electron chi connectivity index (χ3n) is 6.07. The minimum Gasteiger partial charge on any atom is -0.508 e. The first-order chi connectivity index (χ1) is 14.7. The van der Waals surface area contributed by atoms with Crippen molar-refractivity contribution in [3.8, 4) is 5.75 Å². The SMILES string of the molecule is CCCOC(=O)[C@H]1[C@H](C(=O)OCC[Si](C)(C)C)C2C/C(=N\OC)[C@H]1c1cc(O)ccc12. The van der Waals surface area contributed by atoms with Crippen LogP contribution in [0.1, 0.15) is 42.7 Å². The molecule has 4 rings (SSSR count). The van der Waals surface area contributed by atoms with Crippen LogP contribution in [-0.4, -0.2) is 51.2 Å². The number of hydrogen-bond donors (Lipinski definition) is 1. The number of oxime groups is 1. The van der Waals surface area contributed by atoms with E-state index >= 15 is 0 Å². The molecular weight excluding hydrogens is 414 g/mol. The molecule has 4 atom stereocenters. The Hall–Kier alpha value is -2.35. The van der Waals surface area contributed by atoms with Crippen LogP contribution in [0, 0.1) is 11.8 Å². The van der Waals surface area contributed by atoms with E-state index in [1.54, 1.807) is 12.1 Å². The molecule has 1 aromatic carbocycles. The minimum atomic E-state index is -1.36. The zero-order valence-electron chi connectivity index (χ0n) is 19.0. The van der Waals surface area contributed by atoms with Gasteiger partial charge >= 0.3 is 11.9 Å². The number of benzene rings is 1. The molecule has 1 aromatic rings. The first kappa shape index (κ1) is 23.3. The molecule has 1 fully saturated rings. The summed E-state index contributed by atoms with van der Waals surface area (Å²) in [5.74, 6) is -2.86. The predicted octanol–water partition coefficient (Wildman–Crippen LogP) is 4.05. The lowest BCUT2D eigenvalue weighted by molar-refractivity contribution is -0.163. The van der Waals surface area contributed by atoms with E-state index in [-0.39, 0.29) is 24.2 Å². The van der Waals surface area contributed by atoms with Gasteiger partial charge in [-0.15, -0.1) is 0 Å². The van der Waals surface area contributed by atoms with Crippen LogP contribution in [0.5, 0.6) is 5.75 Å². The zero-order chi connectivity index (χ0) is 22.8. The lowest BCUT2D eigenvalue weighted by atomic mass is 9.55. The van der Waals surface area contributed by atoms with Crippen molar-refractivity contribution in [1.82, 2.24) is 0 Å². The van der Waals surface area contributed by atoms with Crippen LogP contribution in [0.4, 0.5) is 0 Å². The van der Waals surface area contributed by atoms with Gasteiger partial charge in [0.15, 0.2) is 0 Å². The van der Waals surface area contributed by atoms with Crippen molar-refractivity contribution in [2.75, 3.05) is 20.3 Å². The van der Waals surface area contributed by atoms with Crippen LogP contribution in [0.3, 0.4) is 0 Å². The molecule has 0 radical (unpaired) electrons. The number of fused-ring (bicyclic) bond motifs is 2. The largest absolute Gasteiger partial charge is 0.508 e. The van der Waals surface area contributed by atoms with E-state index in [2.05, 4.69) is 24.8 Å². The maximum atomic E-state index is 13.3. The molecule has 1 unspecified atom stereocenters. The van der Waals surface area contributed by atoms with Gasteiger partial charge in [0.2, 0.25) is 0 Å². The van der Waals surface area contributed by atoms with Crippen molar-refractivity contribution in [3.05, 3.63) is 29.3 Å². The molecule has 8 heteroatoms. The molecule has 0 aromatic heterocycles. The number of carbonyl (C=O) groups excluding carboxylic acids is 2. The maximum Gasteiger partial charge on any atom is 0.310 e. The van der Waals surface area contributed by atoms with Gasteiger partial charge in [-0.2, -0.15) is 0 Å². The van der Waals surface area contributed by atoms with Gasteiger partial charge in [0.05, 0.1) is 30.8 Å². The molecule has 0 aliphatic heterocycles.